The zero-order valence-electron chi connectivity index (χ0n) is 15.5. The number of benzene rings is 2. The van der Waals surface area contributed by atoms with Crippen LogP contribution in [0.1, 0.15) is 5.56 Å². The molecule has 0 aliphatic rings. The van der Waals surface area contributed by atoms with Crippen molar-refractivity contribution in [1.82, 2.24) is 9.90 Å². The predicted octanol–water partition coefficient (Wildman–Crippen LogP) is 3.13. The van der Waals surface area contributed by atoms with E-state index in [0.717, 1.165) is 28.7 Å². The Labute approximate surface area is 163 Å². The number of alkyl halides is 3. The van der Waals surface area contributed by atoms with Crippen LogP contribution in [-0.4, -0.2) is 30.2 Å². The van der Waals surface area contributed by atoms with Crippen molar-refractivity contribution in [2.75, 3.05) is 25.6 Å². The van der Waals surface area contributed by atoms with Gasteiger partial charge in [-0.2, -0.15) is 13.2 Å². The molecule has 6 nitrogen and oxygen atoms in total. The second-order valence-corrected chi connectivity index (χ2v) is 6.50. The molecule has 2 N–H and O–H groups in total. The first-order chi connectivity index (χ1) is 13.9. The molecule has 2 heterocycles. The number of ether oxygens (including phenoxy) is 1. The van der Waals surface area contributed by atoms with Crippen LogP contribution in [0.5, 0.6) is 0 Å². The normalized spacial score (nSPS) is 12.0. The SMILES string of the molecule is COCCNc1cc2c(=O)n(-c3ccc(C(F)(F)F)cc3)[nH][n+]2c2ccccc12. The van der Waals surface area contributed by atoms with E-state index in [2.05, 4.69) is 10.5 Å². The lowest BCUT2D eigenvalue weighted by atomic mass is 10.1. The van der Waals surface area contributed by atoms with Gasteiger partial charge in [-0.15, -0.1) is 4.52 Å². The molecule has 2 aromatic heterocycles. The van der Waals surface area contributed by atoms with Crippen LogP contribution >= 0.6 is 0 Å². The van der Waals surface area contributed by atoms with E-state index in [4.69, 9.17) is 4.74 Å². The van der Waals surface area contributed by atoms with Gasteiger partial charge in [-0.25, -0.2) is 4.79 Å². The number of nitrogens with one attached hydrogen (secondary N) is 2. The Morgan fingerprint density at radius 3 is 2.52 bits per heavy atom. The van der Waals surface area contributed by atoms with Crippen LogP contribution in [-0.2, 0) is 10.9 Å². The second-order valence-electron chi connectivity index (χ2n) is 6.50. The number of aromatic nitrogens is 3. The van der Waals surface area contributed by atoms with Crippen LogP contribution in [0.4, 0.5) is 18.9 Å². The van der Waals surface area contributed by atoms with Crippen LogP contribution in [0.15, 0.2) is 59.4 Å². The van der Waals surface area contributed by atoms with Crippen molar-refractivity contribution in [2.45, 2.75) is 6.18 Å². The Bertz CT molecular complexity index is 1230. The number of fused-ring (bicyclic) bond motifs is 3. The Hall–Kier alpha value is -3.33. The summed E-state index contributed by atoms with van der Waals surface area (Å²) in [6, 6.07) is 13.7. The highest BCUT2D eigenvalue weighted by Gasteiger charge is 2.30. The highest BCUT2D eigenvalue weighted by Crippen LogP contribution is 2.29. The highest BCUT2D eigenvalue weighted by atomic mass is 19.4. The maximum atomic E-state index is 13.0. The third-order valence-electron chi connectivity index (χ3n) is 4.65. The van der Waals surface area contributed by atoms with E-state index in [1.54, 1.807) is 17.7 Å². The van der Waals surface area contributed by atoms with Crippen molar-refractivity contribution in [3.63, 3.8) is 0 Å². The highest BCUT2D eigenvalue weighted by molar-refractivity contribution is 5.91. The van der Waals surface area contributed by atoms with Gasteiger partial charge in [0.05, 0.1) is 17.9 Å². The number of rotatable bonds is 5. The minimum absolute atomic E-state index is 0.310. The first kappa shape index (κ1) is 19.0. The number of hydrogen-bond acceptors (Lipinski definition) is 3. The number of anilines is 1. The van der Waals surface area contributed by atoms with Gasteiger partial charge in [0.2, 0.25) is 5.52 Å². The van der Waals surface area contributed by atoms with Gasteiger partial charge in [-0.3, -0.25) is 0 Å². The van der Waals surface area contributed by atoms with Gasteiger partial charge in [-0.05, 0) is 36.4 Å². The van der Waals surface area contributed by atoms with Crippen molar-refractivity contribution in [2.24, 2.45) is 0 Å². The summed E-state index contributed by atoms with van der Waals surface area (Å²) in [5.41, 5.74) is 1.06. The number of halogens is 3. The lowest BCUT2D eigenvalue weighted by molar-refractivity contribution is -0.555. The Morgan fingerprint density at radius 1 is 1.10 bits per heavy atom. The summed E-state index contributed by atoms with van der Waals surface area (Å²) in [4.78, 5) is 13.0. The van der Waals surface area contributed by atoms with E-state index in [1.165, 1.54) is 16.8 Å². The van der Waals surface area contributed by atoms with E-state index in [0.29, 0.717) is 24.4 Å². The number of methoxy groups -OCH3 is 1. The summed E-state index contributed by atoms with van der Waals surface area (Å²) in [5.74, 6) is 0. The largest absolute Gasteiger partial charge is 0.416 e. The molecule has 0 radical (unpaired) electrons. The van der Waals surface area contributed by atoms with E-state index >= 15 is 0 Å². The molecule has 0 bridgehead atoms. The molecule has 0 aliphatic carbocycles. The molecular formula is C20H18F3N4O2+. The van der Waals surface area contributed by atoms with Crippen LogP contribution in [0.2, 0.25) is 0 Å². The fourth-order valence-corrected chi connectivity index (χ4v) is 3.24. The number of pyridine rings is 1. The van der Waals surface area contributed by atoms with Crippen LogP contribution in [0.3, 0.4) is 0 Å². The Kier molecular flexibility index (Phi) is 4.75. The fourth-order valence-electron chi connectivity index (χ4n) is 3.24. The zero-order chi connectivity index (χ0) is 20.6. The monoisotopic (exact) mass is 403 g/mol. The number of hydrogen-bond donors (Lipinski definition) is 2. The molecular weight excluding hydrogens is 385 g/mol. The maximum absolute atomic E-state index is 13.0. The molecule has 0 saturated heterocycles. The van der Waals surface area contributed by atoms with Crippen molar-refractivity contribution in [3.05, 3.63) is 70.5 Å². The van der Waals surface area contributed by atoms with Gasteiger partial charge >= 0.3 is 11.7 Å². The van der Waals surface area contributed by atoms with Crippen molar-refractivity contribution in [3.8, 4) is 5.69 Å². The number of para-hydroxylation sites is 1. The second kappa shape index (κ2) is 7.25. The minimum Gasteiger partial charge on any atom is -0.383 e. The van der Waals surface area contributed by atoms with Gasteiger partial charge in [0.1, 0.15) is 0 Å². The first-order valence-corrected chi connectivity index (χ1v) is 8.89. The topological polar surface area (TPSA) is 63.1 Å². The summed E-state index contributed by atoms with van der Waals surface area (Å²) in [6.07, 6.45) is -4.43. The standard InChI is InChI=1S/C20H17F3N4O2/c1-29-11-10-24-16-12-18-19(28)26(14-8-6-13(7-9-14)20(21,22)23)25-27(18)17-5-3-2-4-15(16)17/h2-9,12,25H,10-11H2,1H3/p+1. The Morgan fingerprint density at radius 2 is 1.83 bits per heavy atom. The van der Waals surface area contributed by atoms with Gasteiger partial charge < -0.3 is 10.1 Å². The summed E-state index contributed by atoms with van der Waals surface area (Å²) in [6.45, 7) is 1.07. The van der Waals surface area contributed by atoms with Gasteiger partial charge in [-0.1, -0.05) is 22.0 Å². The zero-order valence-corrected chi connectivity index (χ0v) is 15.5. The quantitative estimate of drug-likeness (QED) is 0.398. The number of H-pyrrole nitrogens is 1. The van der Waals surface area contributed by atoms with Gasteiger partial charge in [0.25, 0.3) is 0 Å². The lowest BCUT2D eigenvalue weighted by Gasteiger charge is -2.08. The molecule has 0 aliphatic heterocycles. The van der Waals surface area contributed by atoms with Crippen LogP contribution < -0.4 is 15.4 Å². The van der Waals surface area contributed by atoms with E-state index < -0.39 is 11.7 Å². The third kappa shape index (κ3) is 3.44. The molecule has 0 amide bonds. The summed E-state index contributed by atoms with van der Waals surface area (Å²) >= 11 is 0. The molecule has 0 saturated carbocycles. The van der Waals surface area contributed by atoms with E-state index in [1.807, 2.05) is 24.3 Å². The summed E-state index contributed by atoms with van der Waals surface area (Å²) < 4.78 is 46.4. The number of nitrogens with zero attached hydrogens (tertiary/aromatic N) is 2. The molecule has 9 heteroatoms. The summed E-state index contributed by atoms with van der Waals surface area (Å²) in [7, 11) is 1.60. The van der Waals surface area contributed by atoms with Crippen LogP contribution in [0.25, 0.3) is 22.1 Å². The van der Waals surface area contributed by atoms with E-state index in [9.17, 15) is 18.0 Å². The van der Waals surface area contributed by atoms with Crippen molar-refractivity contribution in [1.29, 1.82) is 0 Å². The summed E-state index contributed by atoms with van der Waals surface area (Å²) in [5, 5.41) is 7.11. The minimum atomic E-state index is -4.43. The molecule has 0 fully saturated rings. The molecule has 0 spiro atoms. The molecule has 150 valence electrons. The van der Waals surface area contributed by atoms with Crippen molar-refractivity contribution < 1.29 is 22.4 Å². The third-order valence-corrected chi connectivity index (χ3v) is 4.65. The Balaban J connectivity index is 1.87. The fraction of sp³-hybridized carbons (Fsp3) is 0.200. The van der Waals surface area contributed by atoms with Crippen molar-refractivity contribution >= 4 is 22.1 Å². The average Bonchev–Trinajstić information content (AvgIpc) is 3.04. The average molecular weight is 403 g/mol. The molecule has 0 unspecified atom stereocenters. The molecule has 4 aromatic rings. The predicted molar refractivity (Wildman–Crippen MR) is 102 cm³/mol. The van der Waals surface area contributed by atoms with E-state index in [-0.39, 0.29) is 5.56 Å². The van der Waals surface area contributed by atoms with Gasteiger partial charge in [0, 0.05) is 25.1 Å². The maximum Gasteiger partial charge on any atom is 0.416 e. The first-order valence-electron chi connectivity index (χ1n) is 8.89. The molecule has 29 heavy (non-hydrogen) atoms. The number of aromatic amines is 1. The smallest absolute Gasteiger partial charge is 0.383 e. The molecule has 4 rings (SSSR count). The molecule has 2 aromatic carbocycles. The molecule has 0 atom stereocenters. The lowest BCUT2D eigenvalue weighted by Crippen LogP contribution is -2.26. The van der Waals surface area contributed by atoms with Gasteiger partial charge in [0.15, 0.2) is 11.2 Å². The van der Waals surface area contributed by atoms with Crippen LogP contribution in [0, 0.1) is 0 Å².